The van der Waals surface area contributed by atoms with Crippen molar-refractivity contribution < 1.29 is 4.79 Å². The van der Waals surface area contributed by atoms with E-state index in [2.05, 4.69) is 36.4 Å². The van der Waals surface area contributed by atoms with E-state index in [1.54, 1.807) is 4.90 Å². The second kappa shape index (κ2) is 6.25. The molecule has 3 aromatic rings. The maximum atomic E-state index is 12.7. The van der Waals surface area contributed by atoms with Crippen LogP contribution in [0, 0.1) is 13.8 Å². The lowest BCUT2D eigenvalue weighted by Gasteiger charge is -2.19. The van der Waals surface area contributed by atoms with Crippen molar-refractivity contribution in [1.29, 1.82) is 0 Å². The van der Waals surface area contributed by atoms with E-state index in [0.717, 1.165) is 16.7 Å². The van der Waals surface area contributed by atoms with E-state index < -0.39 is 0 Å². The summed E-state index contributed by atoms with van der Waals surface area (Å²) in [5, 5.41) is 2.43. The molecule has 2 nitrogen and oxygen atoms in total. The molecular weight excluding hydrogens is 282 g/mol. The van der Waals surface area contributed by atoms with E-state index in [1.807, 2.05) is 45.2 Å². The van der Waals surface area contributed by atoms with Crippen LogP contribution in [0.1, 0.15) is 27.0 Å². The SMILES string of the molecule is Cc1ccc(C(=O)N(C)Cc2ccc3ccccc3c2)c(C)c1. The topological polar surface area (TPSA) is 20.3 Å². The summed E-state index contributed by atoms with van der Waals surface area (Å²) in [4.78, 5) is 14.5. The number of carbonyl (C=O) groups excluding carboxylic acids is 1. The van der Waals surface area contributed by atoms with Crippen molar-refractivity contribution in [3.05, 3.63) is 82.9 Å². The maximum Gasteiger partial charge on any atom is 0.254 e. The molecule has 3 rings (SSSR count). The Labute approximate surface area is 137 Å². The van der Waals surface area contributed by atoms with Crippen molar-refractivity contribution in [3.8, 4) is 0 Å². The molecule has 0 aromatic heterocycles. The van der Waals surface area contributed by atoms with Crippen molar-refractivity contribution in [2.75, 3.05) is 7.05 Å². The van der Waals surface area contributed by atoms with Crippen LogP contribution < -0.4 is 0 Å². The zero-order valence-corrected chi connectivity index (χ0v) is 13.8. The van der Waals surface area contributed by atoms with Crippen LogP contribution in [0.25, 0.3) is 10.8 Å². The highest BCUT2D eigenvalue weighted by molar-refractivity contribution is 5.95. The monoisotopic (exact) mass is 303 g/mol. The fourth-order valence-electron chi connectivity index (χ4n) is 2.94. The third kappa shape index (κ3) is 3.26. The average molecular weight is 303 g/mol. The molecule has 0 N–H and O–H groups in total. The summed E-state index contributed by atoms with van der Waals surface area (Å²) >= 11 is 0. The molecule has 1 amide bonds. The van der Waals surface area contributed by atoms with Crippen LogP contribution in [0.15, 0.2) is 60.7 Å². The molecule has 0 bridgehead atoms. The van der Waals surface area contributed by atoms with E-state index in [4.69, 9.17) is 0 Å². The summed E-state index contributed by atoms with van der Waals surface area (Å²) in [5.41, 5.74) is 4.12. The second-order valence-electron chi connectivity index (χ2n) is 6.16. The summed E-state index contributed by atoms with van der Waals surface area (Å²) < 4.78 is 0. The molecule has 2 heteroatoms. The lowest BCUT2D eigenvalue weighted by atomic mass is 10.0. The number of hydrogen-bond acceptors (Lipinski definition) is 1. The lowest BCUT2D eigenvalue weighted by molar-refractivity contribution is 0.0784. The van der Waals surface area contributed by atoms with Gasteiger partial charge in [-0.25, -0.2) is 0 Å². The molecule has 0 aliphatic heterocycles. The molecule has 3 aromatic carbocycles. The summed E-state index contributed by atoms with van der Waals surface area (Å²) in [6.45, 7) is 4.64. The molecular formula is C21H21NO. The van der Waals surface area contributed by atoms with Crippen LogP contribution in [0.4, 0.5) is 0 Å². The highest BCUT2D eigenvalue weighted by Gasteiger charge is 2.14. The predicted molar refractivity (Wildman–Crippen MR) is 95.7 cm³/mol. The van der Waals surface area contributed by atoms with Crippen LogP contribution in [0.5, 0.6) is 0 Å². The number of benzene rings is 3. The molecule has 0 aliphatic rings. The molecule has 23 heavy (non-hydrogen) atoms. The van der Waals surface area contributed by atoms with Crippen molar-refractivity contribution in [1.82, 2.24) is 4.90 Å². The number of hydrogen-bond donors (Lipinski definition) is 0. The largest absolute Gasteiger partial charge is 0.337 e. The Morgan fingerprint density at radius 2 is 1.65 bits per heavy atom. The van der Waals surface area contributed by atoms with Gasteiger partial charge in [-0.15, -0.1) is 0 Å². The van der Waals surface area contributed by atoms with E-state index in [-0.39, 0.29) is 5.91 Å². The van der Waals surface area contributed by atoms with Gasteiger partial charge in [0.25, 0.3) is 5.91 Å². The Balaban J connectivity index is 1.81. The standard InChI is InChI=1S/C21H21NO/c1-15-8-11-20(16(2)12-15)21(23)22(3)14-17-9-10-18-6-4-5-7-19(18)13-17/h4-13H,14H2,1-3H3. The lowest BCUT2D eigenvalue weighted by Crippen LogP contribution is -2.26. The number of fused-ring (bicyclic) bond motifs is 1. The molecule has 0 saturated heterocycles. The van der Waals surface area contributed by atoms with Gasteiger partial charge < -0.3 is 4.90 Å². The van der Waals surface area contributed by atoms with E-state index in [0.29, 0.717) is 6.54 Å². The maximum absolute atomic E-state index is 12.7. The van der Waals surface area contributed by atoms with Gasteiger partial charge in [0.15, 0.2) is 0 Å². The highest BCUT2D eigenvalue weighted by atomic mass is 16.2. The Morgan fingerprint density at radius 3 is 2.39 bits per heavy atom. The van der Waals surface area contributed by atoms with E-state index >= 15 is 0 Å². The molecule has 0 spiro atoms. The van der Waals surface area contributed by atoms with Gasteiger partial charge in [-0.2, -0.15) is 0 Å². The summed E-state index contributed by atoms with van der Waals surface area (Å²) in [6, 6.07) is 20.6. The summed E-state index contributed by atoms with van der Waals surface area (Å²) in [6.07, 6.45) is 0. The van der Waals surface area contributed by atoms with Gasteiger partial charge in [-0.05, 0) is 47.9 Å². The normalized spacial score (nSPS) is 10.7. The van der Waals surface area contributed by atoms with Gasteiger partial charge in [0, 0.05) is 19.2 Å². The van der Waals surface area contributed by atoms with Crippen molar-refractivity contribution in [3.63, 3.8) is 0 Å². The second-order valence-corrected chi connectivity index (χ2v) is 6.16. The van der Waals surface area contributed by atoms with Gasteiger partial charge >= 0.3 is 0 Å². The molecule has 0 radical (unpaired) electrons. The van der Waals surface area contributed by atoms with Gasteiger partial charge in [-0.3, -0.25) is 4.79 Å². The molecule has 116 valence electrons. The molecule has 0 saturated carbocycles. The fraction of sp³-hybridized carbons (Fsp3) is 0.190. The molecule has 0 atom stereocenters. The number of amides is 1. The van der Waals surface area contributed by atoms with Crippen LogP contribution in [0.2, 0.25) is 0 Å². The van der Waals surface area contributed by atoms with Crippen molar-refractivity contribution >= 4 is 16.7 Å². The Morgan fingerprint density at radius 1 is 0.913 bits per heavy atom. The highest BCUT2D eigenvalue weighted by Crippen LogP contribution is 2.18. The minimum Gasteiger partial charge on any atom is -0.337 e. The third-order valence-electron chi connectivity index (χ3n) is 4.19. The quantitative estimate of drug-likeness (QED) is 0.685. The number of aryl methyl sites for hydroxylation is 2. The van der Waals surface area contributed by atoms with E-state index in [9.17, 15) is 4.79 Å². The van der Waals surface area contributed by atoms with Crippen molar-refractivity contribution in [2.24, 2.45) is 0 Å². The Hall–Kier alpha value is -2.61. The van der Waals surface area contributed by atoms with Gasteiger partial charge in [0.05, 0.1) is 0 Å². The van der Waals surface area contributed by atoms with Gasteiger partial charge in [-0.1, -0.05) is 54.1 Å². The number of rotatable bonds is 3. The first kappa shape index (κ1) is 15.3. The minimum atomic E-state index is 0.0654. The first-order valence-electron chi connectivity index (χ1n) is 7.85. The van der Waals surface area contributed by atoms with E-state index in [1.165, 1.54) is 16.3 Å². The molecule has 0 unspecified atom stereocenters. The van der Waals surface area contributed by atoms with Crippen LogP contribution in [-0.4, -0.2) is 17.9 Å². The van der Waals surface area contributed by atoms with Crippen LogP contribution >= 0.6 is 0 Å². The summed E-state index contributed by atoms with van der Waals surface area (Å²) in [5.74, 6) is 0.0654. The number of nitrogens with zero attached hydrogens (tertiary/aromatic N) is 1. The third-order valence-corrected chi connectivity index (χ3v) is 4.19. The predicted octanol–water partition coefficient (Wildman–Crippen LogP) is 4.73. The summed E-state index contributed by atoms with van der Waals surface area (Å²) in [7, 11) is 1.86. The average Bonchev–Trinajstić information content (AvgIpc) is 2.54. The molecule has 0 heterocycles. The smallest absolute Gasteiger partial charge is 0.254 e. The van der Waals surface area contributed by atoms with Gasteiger partial charge in [0.2, 0.25) is 0 Å². The zero-order valence-electron chi connectivity index (χ0n) is 13.8. The molecule has 0 fully saturated rings. The Kier molecular flexibility index (Phi) is 4.16. The van der Waals surface area contributed by atoms with Gasteiger partial charge in [0.1, 0.15) is 0 Å². The van der Waals surface area contributed by atoms with Crippen LogP contribution in [0.3, 0.4) is 0 Å². The first-order valence-corrected chi connectivity index (χ1v) is 7.85. The fourth-order valence-corrected chi connectivity index (χ4v) is 2.94. The molecule has 0 aliphatic carbocycles. The minimum absolute atomic E-state index is 0.0654. The van der Waals surface area contributed by atoms with Crippen LogP contribution in [-0.2, 0) is 6.54 Å². The van der Waals surface area contributed by atoms with Crippen molar-refractivity contribution in [2.45, 2.75) is 20.4 Å². The number of carbonyl (C=O) groups is 1. The zero-order chi connectivity index (χ0) is 16.4. The first-order chi connectivity index (χ1) is 11.0. The Bertz CT molecular complexity index is 867.